The highest BCUT2D eigenvalue weighted by Gasteiger charge is 2.53. The first kappa shape index (κ1) is 27.1. The van der Waals surface area contributed by atoms with Crippen molar-refractivity contribution in [2.45, 2.75) is 96.1 Å². The van der Waals surface area contributed by atoms with Crippen molar-refractivity contribution >= 4 is 10.9 Å². The maximum absolute atomic E-state index is 11.9. The van der Waals surface area contributed by atoms with E-state index in [1.165, 1.54) is 83.7 Å². The third-order valence-electron chi connectivity index (χ3n) is 9.30. The second-order valence-corrected chi connectivity index (χ2v) is 11.5. The number of rotatable bonds is 15. The van der Waals surface area contributed by atoms with E-state index in [1.54, 1.807) is 7.11 Å². The van der Waals surface area contributed by atoms with Crippen molar-refractivity contribution < 1.29 is 14.3 Å². The molecule has 4 heterocycles. The first-order chi connectivity index (χ1) is 17.6. The number of unbranched alkanes of at least 4 members (excludes halogenated alkanes) is 9. The molecule has 0 saturated carbocycles. The topological polar surface area (TPSA) is 42.4 Å². The lowest BCUT2D eigenvalue weighted by Gasteiger charge is -2.58. The van der Waals surface area contributed by atoms with Crippen molar-refractivity contribution in [3.05, 3.63) is 48.7 Å². The standard InChI is InChI=1S/C32H49N2O2/c1-4-6-7-8-9-10-11-12-13-14-20-34-21-18-26(25(5-2)24-34)22-31(34)32(35)28-17-19-33-30-16-15-27(36-3)23-29(28)30/h5,15-17,19,23,25-26,31-32,35H,2,4,6-14,18,20-22,24H2,1,3H3/q+1/t25-,26-,31-,32+,34-/m0/s1. The third kappa shape index (κ3) is 6.14. The van der Waals surface area contributed by atoms with Gasteiger partial charge in [0.25, 0.3) is 0 Å². The molecule has 4 heteroatoms. The van der Waals surface area contributed by atoms with Crippen LogP contribution in [-0.4, -0.2) is 47.4 Å². The number of aliphatic hydroxyl groups is 1. The molecule has 3 fully saturated rings. The van der Waals surface area contributed by atoms with Gasteiger partial charge >= 0.3 is 0 Å². The van der Waals surface area contributed by atoms with Gasteiger partial charge in [-0.2, -0.15) is 0 Å². The molecule has 5 atom stereocenters. The number of nitrogens with zero attached hydrogens (tertiary/aromatic N) is 2. The van der Waals surface area contributed by atoms with Crippen molar-refractivity contribution in [3.8, 4) is 5.75 Å². The summed E-state index contributed by atoms with van der Waals surface area (Å²) in [7, 11) is 1.70. The van der Waals surface area contributed by atoms with Gasteiger partial charge in [-0.3, -0.25) is 4.98 Å². The number of aliphatic hydroxyl groups excluding tert-OH is 1. The van der Waals surface area contributed by atoms with Crippen molar-refractivity contribution in [2.24, 2.45) is 11.8 Å². The van der Waals surface area contributed by atoms with Gasteiger partial charge in [0.1, 0.15) is 17.9 Å². The van der Waals surface area contributed by atoms with Crippen LogP contribution in [0.5, 0.6) is 5.75 Å². The zero-order chi connectivity index (χ0) is 25.4. The number of benzene rings is 1. The number of fused-ring (bicyclic) bond motifs is 4. The molecule has 4 nitrogen and oxygen atoms in total. The highest BCUT2D eigenvalue weighted by Crippen LogP contribution is 2.47. The minimum atomic E-state index is -0.487. The second-order valence-electron chi connectivity index (χ2n) is 11.5. The fraction of sp³-hybridized carbons (Fsp3) is 0.656. The summed E-state index contributed by atoms with van der Waals surface area (Å²) in [5.41, 5.74) is 1.93. The molecule has 2 aromatic rings. The SMILES string of the molecule is C=C[C@H]1C[N@+]2(CCCCCCCCCCCC)CC[C@H]1C[C@H]2[C@H](O)c1ccnc2ccc(OC)cc12. The van der Waals surface area contributed by atoms with Gasteiger partial charge in [-0.25, -0.2) is 0 Å². The molecule has 3 aliphatic rings. The fourth-order valence-corrected chi connectivity index (χ4v) is 7.14. The highest BCUT2D eigenvalue weighted by molar-refractivity contribution is 5.83. The Morgan fingerprint density at radius 2 is 1.81 bits per heavy atom. The van der Waals surface area contributed by atoms with Gasteiger partial charge in [0.05, 0.1) is 32.3 Å². The van der Waals surface area contributed by atoms with Gasteiger partial charge in [0, 0.05) is 30.3 Å². The van der Waals surface area contributed by atoms with E-state index >= 15 is 0 Å². The predicted molar refractivity (Wildman–Crippen MR) is 150 cm³/mol. The maximum Gasteiger partial charge on any atom is 0.131 e. The van der Waals surface area contributed by atoms with E-state index in [1.807, 2.05) is 30.5 Å². The number of aromatic nitrogens is 1. The van der Waals surface area contributed by atoms with Crippen LogP contribution in [0.1, 0.15) is 95.6 Å². The largest absolute Gasteiger partial charge is 0.497 e. The summed E-state index contributed by atoms with van der Waals surface area (Å²) in [4.78, 5) is 4.56. The van der Waals surface area contributed by atoms with Gasteiger partial charge in [0.2, 0.25) is 0 Å². The Bertz CT molecular complexity index is 976. The van der Waals surface area contributed by atoms with Crippen LogP contribution in [-0.2, 0) is 0 Å². The van der Waals surface area contributed by atoms with Crippen LogP contribution in [0.25, 0.3) is 10.9 Å². The third-order valence-corrected chi connectivity index (χ3v) is 9.30. The minimum Gasteiger partial charge on any atom is -0.497 e. The lowest BCUT2D eigenvalue weighted by Crippen LogP contribution is -2.68. The van der Waals surface area contributed by atoms with Crippen LogP contribution in [0.2, 0.25) is 0 Å². The van der Waals surface area contributed by atoms with Crippen molar-refractivity contribution in [2.75, 3.05) is 26.7 Å². The Labute approximate surface area is 219 Å². The van der Waals surface area contributed by atoms with Crippen LogP contribution in [0.3, 0.4) is 0 Å². The summed E-state index contributed by atoms with van der Waals surface area (Å²) in [6.45, 7) is 9.99. The summed E-state index contributed by atoms with van der Waals surface area (Å²) < 4.78 is 6.55. The summed E-state index contributed by atoms with van der Waals surface area (Å²) in [6, 6.07) is 8.26. The predicted octanol–water partition coefficient (Wildman–Crippen LogP) is 7.61. The quantitative estimate of drug-likeness (QED) is 0.158. The Morgan fingerprint density at radius 1 is 1.08 bits per heavy atom. The summed E-state index contributed by atoms with van der Waals surface area (Å²) in [6.07, 6.45) is 19.6. The summed E-state index contributed by atoms with van der Waals surface area (Å²) in [5.74, 6) is 2.05. The van der Waals surface area contributed by atoms with E-state index in [0.717, 1.165) is 39.7 Å². The van der Waals surface area contributed by atoms with E-state index in [4.69, 9.17) is 4.74 Å². The molecule has 1 aromatic heterocycles. The molecule has 1 N–H and O–H groups in total. The number of quaternary nitrogens is 1. The van der Waals surface area contributed by atoms with E-state index in [0.29, 0.717) is 11.8 Å². The number of piperidine rings is 3. The van der Waals surface area contributed by atoms with Crippen molar-refractivity contribution in [1.82, 2.24) is 4.98 Å². The molecule has 5 rings (SSSR count). The zero-order valence-corrected chi connectivity index (χ0v) is 22.8. The Morgan fingerprint density at radius 3 is 2.50 bits per heavy atom. The first-order valence-electron chi connectivity index (χ1n) is 14.7. The molecule has 0 spiro atoms. The number of methoxy groups -OCH3 is 1. The monoisotopic (exact) mass is 493 g/mol. The van der Waals surface area contributed by atoms with Gasteiger partial charge in [-0.1, -0.05) is 64.4 Å². The molecule has 0 aliphatic carbocycles. The van der Waals surface area contributed by atoms with Crippen LogP contribution in [0, 0.1) is 11.8 Å². The fourth-order valence-electron chi connectivity index (χ4n) is 7.14. The second kappa shape index (κ2) is 13.1. The van der Waals surface area contributed by atoms with Crippen LogP contribution >= 0.6 is 0 Å². The molecule has 198 valence electrons. The lowest BCUT2D eigenvalue weighted by atomic mass is 9.71. The molecule has 3 saturated heterocycles. The number of hydrogen-bond donors (Lipinski definition) is 1. The molecule has 0 unspecified atom stereocenters. The van der Waals surface area contributed by atoms with E-state index in [9.17, 15) is 5.11 Å². The number of pyridine rings is 1. The van der Waals surface area contributed by atoms with Gasteiger partial charge in [-0.05, 0) is 48.6 Å². The van der Waals surface area contributed by atoms with E-state index in [2.05, 4.69) is 24.6 Å². The number of hydrogen-bond acceptors (Lipinski definition) is 3. The van der Waals surface area contributed by atoms with Crippen molar-refractivity contribution in [3.63, 3.8) is 0 Å². The normalized spacial score (nSPS) is 26.2. The maximum atomic E-state index is 11.9. The van der Waals surface area contributed by atoms with Crippen LogP contribution in [0.4, 0.5) is 0 Å². The minimum absolute atomic E-state index is 0.246. The number of ether oxygens (including phenoxy) is 1. The molecular weight excluding hydrogens is 444 g/mol. The molecule has 0 amide bonds. The molecule has 1 aromatic carbocycles. The van der Waals surface area contributed by atoms with Gasteiger partial charge < -0.3 is 14.3 Å². The average Bonchev–Trinajstić information content (AvgIpc) is 2.93. The Balaban J connectivity index is 1.42. The van der Waals surface area contributed by atoms with Gasteiger partial charge in [0.15, 0.2) is 0 Å². The van der Waals surface area contributed by atoms with Crippen molar-refractivity contribution in [1.29, 1.82) is 0 Å². The molecular formula is C32H49N2O2+. The molecule has 2 bridgehead atoms. The smallest absolute Gasteiger partial charge is 0.131 e. The lowest BCUT2D eigenvalue weighted by molar-refractivity contribution is -0.973. The zero-order valence-electron chi connectivity index (χ0n) is 22.8. The summed E-state index contributed by atoms with van der Waals surface area (Å²) >= 11 is 0. The molecule has 3 aliphatic heterocycles. The van der Waals surface area contributed by atoms with E-state index in [-0.39, 0.29) is 6.04 Å². The summed E-state index contributed by atoms with van der Waals surface area (Å²) in [5, 5.41) is 12.9. The average molecular weight is 494 g/mol. The van der Waals surface area contributed by atoms with E-state index < -0.39 is 6.10 Å². The highest BCUT2D eigenvalue weighted by atomic mass is 16.5. The van der Waals surface area contributed by atoms with Crippen LogP contribution < -0.4 is 4.74 Å². The molecule has 36 heavy (non-hydrogen) atoms. The molecule has 0 radical (unpaired) electrons. The Hall–Kier alpha value is -1.91. The first-order valence-corrected chi connectivity index (χ1v) is 14.7. The van der Waals surface area contributed by atoms with Gasteiger partial charge in [-0.15, -0.1) is 6.58 Å². The Kier molecular flexibility index (Phi) is 9.84. The van der Waals surface area contributed by atoms with Crippen LogP contribution in [0.15, 0.2) is 43.1 Å².